The Labute approximate surface area is 65.9 Å². The first-order chi connectivity index (χ1) is 3.81. The third-order valence-corrected chi connectivity index (χ3v) is 0.637. The van der Waals surface area contributed by atoms with Crippen LogP contribution in [-0.2, 0) is 0 Å². The minimum atomic E-state index is -5.57. The fourth-order valence-corrected chi connectivity index (χ4v) is 0.100. The maximum absolute atomic E-state index is 11.3. The second kappa shape index (κ2) is 3.56. The first-order valence-electron chi connectivity index (χ1n) is 1.90. The van der Waals surface area contributed by atoms with Crippen molar-refractivity contribution >= 4 is 0 Å². The number of nitrogens with one attached hydrogen (secondary N) is 1. The molecule has 1 N–H and O–H groups in total. The third-order valence-electron chi connectivity index (χ3n) is 0.637. The topological polar surface area (TPSA) is 23.8 Å². The van der Waals surface area contributed by atoms with E-state index in [1.807, 2.05) is 0 Å². The summed E-state index contributed by atoms with van der Waals surface area (Å²) >= 11 is 0. The Morgan fingerprint density at radius 1 is 1.00 bits per heavy atom. The smallest absolute Gasteiger partial charge is 0.672 e. The summed E-state index contributed by atoms with van der Waals surface area (Å²) in [6.45, 7) is -1.95. The third kappa shape index (κ3) is 2.86. The molecule has 0 aliphatic heterocycles. The molecule has 10 heavy (non-hydrogen) atoms. The van der Waals surface area contributed by atoms with Gasteiger partial charge >= 0.3 is 31.0 Å². The van der Waals surface area contributed by atoms with Gasteiger partial charge in [-0.3, -0.25) is 0 Å². The van der Waals surface area contributed by atoms with Crippen molar-refractivity contribution < 1.29 is 40.8 Å². The van der Waals surface area contributed by atoms with E-state index in [2.05, 4.69) is 0 Å². The standard InChI is InChI=1S/C3H3F5N.Li/c4-2(5,1-9)3(6,7)8;/h9H,1H2;/q-1;+1. The predicted octanol–water partition coefficient (Wildman–Crippen LogP) is -0.760. The number of alkyl halides is 5. The average molecular weight is 155 g/mol. The summed E-state index contributed by atoms with van der Waals surface area (Å²) in [5.41, 5.74) is 5.79. The molecule has 0 atom stereocenters. The molecule has 0 radical (unpaired) electrons. The summed E-state index contributed by atoms with van der Waals surface area (Å²) in [5, 5.41) is 0. The van der Waals surface area contributed by atoms with Gasteiger partial charge in [-0.1, -0.05) is 6.54 Å². The molecule has 0 aromatic heterocycles. The Kier molecular flexibility index (Phi) is 4.57. The summed E-state index contributed by atoms with van der Waals surface area (Å²) in [7, 11) is 0. The Hall–Kier alpha value is 0.207. The van der Waals surface area contributed by atoms with Gasteiger partial charge in [0, 0.05) is 0 Å². The van der Waals surface area contributed by atoms with Gasteiger partial charge in [0.1, 0.15) is 0 Å². The van der Waals surface area contributed by atoms with Crippen LogP contribution in [0.4, 0.5) is 22.0 Å². The molecule has 56 valence electrons. The predicted molar refractivity (Wildman–Crippen MR) is 20.2 cm³/mol. The van der Waals surface area contributed by atoms with E-state index < -0.39 is 18.6 Å². The summed E-state index contributed by atoms with van der Waals surface area (Å²) in [6, 6.07) is 0. The largest absolute Gasteiger partial charge is 1.00 e. The van der Waals surface area contributed by atoms with Crippen molar-refractivity contribution in [1.29, 1.82) is 0 Å². The second-order valence-electron chi connectivity index (χ2n) is 1.38. The van der Waals surface area contributed by atoms with E-state index in [0.717, 1.165) is 0 Å². The van der Waals surface area contributed by atoms with Crippen LogP contribution < -0.4 is 18.9 Å². The molecule has 0 aliphatic carbocycles. The van der Waals surface area contributed by atoms with E-state index in [4.69, 9.17) is 5.73 Å². The molecule has 0 saturated heterocycles. The van der Waals surface area contributed by atoms with Crippen LogP contribution in [0.5, 0.6) is 0 Å². The molecule has 0 unspecified atom stereocenters. The monoisotopic (exact) mass is 155 g/mol. The summed E-state index contributed by atoms with van der Waals surface area (Å²) in [4.78, 5) is 0. The normalized spacial score (nSPS) is 12.6. The van der Waals surface area contributed by atoms with Gasteiger partial charge in [-0.25, -0.2) is 0 Å². The summed E-state index contributed by atoms with van der Waals surface area (Å²) < 4.78 is 55.6. The first-order valence-corrected chi connectivity index (χ1v) is 1.90. The van der Waals surface area contributed by atoms with E-state index in [-0.39, 0.29) is 18.9 Å². The van der Waals surface area contributed by atoms with Crippen LogP contribution in [0.2, 0.25) is 0 Å². The zero-order chi connectivity index (χ0) is 7.71. The van der Waals surface area contributed by atoms with Gasteiger partial charge in [0.15, 0.2) is 0 Å². The Morgan fingerprint density at radius 3 is 1.30 bits per heavy atom. The van der Waals surface area contributed by atoms with Gasteiger partial charge in [-0.2, -0.15) is 22.0 Å². The molecule has 0 amide bonds. The molecule has 0 rings (SSSR count). The quantitative estimate of drug-likeness (QED) is 0.351. The van der Waals surface area contributed by atoms with Gasteiger partial charge in [-0.15, -0.1) is 0 Å². The van der Waals surface area contributed by atoms with Gasteiger partial charge in [0.25, 0.3) is 0 Å². The molecule has 0 spiro atoms. The molecular weight excluding hydrogens is 152 g/mol. The number of halogens is 5. The fraction of sp³-hybridized carbons (Fsp3) is 1.00. The van der Waals surface area contributed by atoms with Gasteiger partial charge in [0.2, 0.25) is 0 Å². The van der Waals surface area contributed by atoms with Crippen molar-refractivity contribution in [2.24, 2.45) is 0 Å². The molecule has 7 heteroatoms. The molecular formula is C3H3F5LiN. The van der Waals surface area contributed by atoms with Crippen LogP contribution in [0, 0.1) is 0 Å². The van der Waals surface area contributed by atoms with Crippen molar-refractivity contribution in [1.82, 2.24) is 0 Å². The summed E-state index contributed by atoms with van der Waals surface area (Å²) in [6.07, 6.45) is -5.57. The molecule has 0 saturated carbocycles. The van der Waals surface area contributed by atoms with Gasteiger partial charge in [0.05, 0.1) is 0 Å². The molecule has 0 fully saturated rings. The zero-order valence-electron chi connectivity index (χ0n) is 5.10. The Bertz CT molecular complexity index is 99.6. The fourth-order valence-electron chi connectivity index (χ4n) is 0.100. The number of hydrogen-bond acceptors (Lipinski definition) is 0. The zero-order valence-corrected chi connectivity index (χ0v) is 5.10. The molecule has 0 aromatic carbocycles. The van der Waals surface area contributed by atoms with E-state index in [9.17, 15) is 22.0 Å². The van der Waals surface area contributed by atoms with Crippen LogP contribution in [0.15, 0.2) is 0 Å². The van der Waals surface area contributed by atoms with Crippen LogP contribution in [0.25, 0.3) is 5.73 Å². The molecule has 0 aliphatic rings. The molecule has 0 bridgehead atoms. The van der Waals surface area contributed by atoms with Gasteiger partial charge < -0.3 is 5.73 Å². The van der Waals surface area contributed by atoms with E-state index in [1.165, 1.54) is 0 Å². The average Bonchev–Trinajstić information content (AvgIpc) is 1.64. The number of hydrogen-bond donors (Lipinski definition) is 0. The molecule has 0 heterocycles. The molecule has 1 nitrogen and oxygen atoms in total. The van der Waals surface area contributed by atoms with Crippen LogP contribution in [0.1, 0.15) is 0 Å². The van der Waals surface area contributed by atoms with Crippen molar-refractivity contribution in [3.63, 3.8) is 0 Å². The van der Waals surface area contributed by atoms with Crippen molar-refractivity contribution in [3.8, 4) is 0 Å². The minimum Gasteiger partial charge on any atom is -0.672 e. The van der Waals surface area contributed by atoms with Crippen molar-refractivity contribution in [2.75, 3.05) is 6.54 Å². The Morgan fingerprint density at radius 2 is 1.30 bits per heavy atom. The number of rotatable bonds is 1. The van der Waals surface area contributed by atoms with Crippen molar-refractivity contribution in [3.05, 3.63) is 5.73 Å². The van der Waals surface area contributed by atoms with Crippen LogP contribution in [-0.4, -0.2) is 18.6 Å². The van der Waals surface area contributed by atoms with Crippen molar-refractivity contribution in [2.45, 2.75) is 12.1 Å². The van der Waals surface area contributed by atoms with E-state index >= 15 is 0 Å². The second-order valence-corrected chi connectivity index (χ2v) is 1.38. The maximum atomic E-state index is 11.3. The summed E-state index contributed by atoms with van der Waals surface area (Å²) in [5.74, 6) is -4.85. The van der Waals surface area contributed by atoms with Crippen LogP contribution in [0.3, 0.4) is 0 Å². The van der Waals surface area contributed by atoms with E-state index in [0.29, 0.717) is 0 Å². The molecule has 0 aromatic rings. The first kappa shape index (κ1) is 12.8. The van der Waals surface area contributed by atoms with Gasteiger partial charge in [-0.05, 0) is 0 Å². The SMILES string of the molecule is [Li+].[NH-]CC(F)(F)C(F)(F)F. The maximum Gasteiger partial charge on any atom is 1.00 e. The van der Waals surface area contributed by atoms with Crippen LogP contribution >= 0.6 is 0 Å². The Balaban J connectivity index is 0. The minimum absolute atomic E-state index is 0. The van der Waals surface area contributed by atoms with E-state index in [1.54, 1.807) is 0 Å².